The van der Waals surface area contributed by atoms with Crippen LogP contribution in [-0.4, -0.2) is 52.6 Å². The molecule has 0 amide bonds. The van der Waals surface area contributed by atoms with E-state index in [1.54, 1.807) is 7.05 Å². The fraction of sp³-hybridized carbons (Fsp3) is 0.500. The molecule has 1 aliphatic carbocycles. The zero-order chi connectivity index (χ0) is 24.1. The number of aromatic nitrogens is 3. The molecule has 1 aliphatic rings. The van der Waals surface area contributed by atoms with E-state index in [0.717, 1.165) is 52.9 Å². The second-order valence-corrected chi connectivity index (χ2v) is 9.31. The largest absolute Gasteiger partial charge is 0.491 e. The summed E-state index contributed by atoms with van der Waals surface area (Å²) in [5.41, 5.74) is 3.32. The lowest BCUT2D eigenvalue weighted by Crippen LogP contribution is -2.29. The van der Waals surface area contributed by atoms with E-state index < -0.39 is 6.10 Å². The van der Waals surface area contributed by atoms with Crippen LogP contribution in [0.15, 0.2) is 34.9 Å². The molecular formula is C26H35N5O3. The van der Waals surface area contributed by atoms with Gasteiger partial charge in [0.05, 0.1) is 17.0 Å². The summed E-state index contributed by atoms with van der Waals surface area (Å²) in [6.07, 6.45) is 4.15. The van der Waals surface area contributed by atoms with Crippen LogP contribution in [0.1, 0.15) is 44.1 Å². The van der Waals surface area contributed by atoms with Gasteiger partial charge in [0.15, 0.2) is 5.82 Å². The third-order valence-electron chi connectivity index (χ3n) is 6.36. The van der Waals surface area contributed by atoms with Crippen LogP contribution < -0.4 is 15.4 Å². The number of nitrogens with one attached hydrogen (secondary N) is 2. The summed E-state index contributed by atoms with van der Waals surface area (Å²) in [7, 11) is 1.80. The van der Waals surface area contributed by atoms with Crippen LogP contribution in [0, 0.1) is 19.8 Å². The van der Waals surface area contributed by atoms with E-state index in [9.17, 15) is 5.11 Å². The van der Waals surface area contributed by atoms with Crippen molar-refractivity contribution >= 4 is 5.82 Å². The summed E-state index contributed by atoms with van der Waals surface area (Å²) < 4.78 is 11.2. The number of ether oxygens (including phenoxy) is 1. The normalized spacial score (nSPS) is 19.1. The van der Waals surface area contributed by atoms with Gasteiger partial charge in [0.25, 0.3) is 0 Å². The van der Waals surface area contributed by atoms with E-state index >= 15 is 0 Å². The van der Waals surface area contributed by atoms with Gasteiger partial charge in [-0.3, -0.25) is 0 Å². The maximum absolute atomic E-state index is 9.96. The fourth-order valence-electron chi connectivity index (χ4n) is 4.45. The van der Waals surface area contributed by atoms with Gasteiger partial charge in [-0.25, -0.2) is 9.97 Å². The van der Waals surface area contributed by atoms with Crippen LogP contribution in [-0.2, 0) is 0 Å². The van der Waals surface area contributed by atoms with Crippen LogP contribution in [0.25, 0.3) is 22.6 Å². The highest BCUT2D eigenvalue weighted by Crippen LogP contribution is 2.32. The van der Waals surface area contributed by atoms with E-state index in [1.165, 1.54) is 12.8 Å². The Balaban J connectivity index is 1.65. The van der Waals surface area contributed by atoms with E-state index in [-0.39, 0.29) is 6.61 Å². The zero-order valence-electron chi connectivity index (χ0n) is 20.5. The first kappa shape index (κ1) is 24.2. The number of rotatable bonds is 9. The van der Waals surface area contributed by atoms with Gasteiger partial charge in [0.1, 0.15) is 30.0 Å². The van der Waals surface area contributed by atoms with E-state index in [4.69, 9.17) is 19.2 Å². The topological polar surface area (TPSA) is 105 Å². The molecule has 0 radical (unpaired) electrons. The third-order valence-corrected chi connectivity index (χ3v) is 6.36. The van der Waals surface area contributed by atoms with Crippen molar-refractivity contribution in [1.82, 2.24) is 20.4 Å². The quantitative estimate of drug-likeness (QED) is 0.428. The summed E-state index contributed by atoms with van der Waals surface area (Å²) >= 11 is 0. The van der Waals surface area contributed by atoms with Crippen LogP contribution >= 0.6 is 0 Å². The lowest BCUT2D eigenvalue weighted by molar-refractivity contribution is 0.108. The van der Waals surface area contributed by atoms with Crippen molar-refractivity contribution in [3.8, 4) is 28.4 Å². The minimum Gasteiger partial charge on any atom is -0.491 e. The Kier molecular flexibility index (Phi) is 7.80. The van der Waals surface area contributed by atoms with Gasteiger partial charge in [-0.1, -0.05) is 24.2 Å². The summed E-state index contributed by atoms with van der Waals surface area (Å²) in [6.45, 7) is 6.82. The molecule has 2 heterocycles. The van der Waals surface area contributed by atoms with Crippen molar-refractivity contribution < 1.29 is 14.4 Å². The van der Waals surface area contributed by atoms with Crippen molar-refractivity contribution in [2.75, 3.05) is 25.5 Å². The van der Waals surface area contributed by atoms with Gasteiger partial charge < -0.3 is 25.0 Å². The van der Waals surface area contributed by atoms with Gasteiger partial charge in [0.2, 0.25) is 0 Å². The average Bonchev–Trinajstić information content (AvgIpc) is 3.17. The van der Waals surface area contributed by atoms with Crippen LogP contribution in [0.3, 0.4) is 0 Å². The number of anilines is 1. The molecule has 1 unspecified atom stereocenters. The Labute approximate surface area is 201 Å². The summed E-state index contributed by atoms with van der Waals surface area (Å²) in [6, 6.07) is 10.1. The Morgan fingerprint density at radius 1 is 1.15 bits per heavy atom. The number of nitrogens with zero attached hydrogens (tertiary/aromatic N) is 3. The number of aliphatic hydroxyl groups is 1. The zero-order valence-corrected chi connectivity index (χ0v) is 20.5. The van der Waals surface area contributed by atoms with Crippen molar-refractivity contribution in [3.05, 3.63) is 41.8 Å². The highest BCUT2D eigenvalue weighted by atomic mass is 16.5. The number of hydrogen-bond acceptors (Lipinski definition) is 8. The van der Waals surface area contributed by atoms with Crippen LogP contribution in [0.5, 0.6) is 5.75 Å². The smallest absolute Gasteiger partial charge is 0.162 e. The molecule has 3 aromatic rings. The second kappa shape index (κ2) is 11.0. The van der Waals surface area contributed by atoms with Gasteiger partial charge in [-0.2, -0.15) is 0 Å². The van der Waals surface area contributed by atoms with Gasteiger partial charge >= 0.3 is 0 Å². The molecule has 2 aromatic heterocycles. The molecule has 3 N–H and O–H groups in total. The van der Waals surface area contributed by atoms with Crippen molar-refractivity contribution in [2.24, 2.45) is 5.92 Å². The van der Waals surface area contributed by atoms with Gasteiger partial charge in [0, 0.05) is 24.2 Å². The van der Waals surface area contributed by atoms with Crippen molar-refractivity contribution in [3.63, 3.8) is 0 Å². The Hall–Kier alpha value is -2.97. The SMILES string of the molecule is CNCC(O)COc1cccc(-c2nc(N[C@H]3CC[C@@H](C)CC3)cc(-c3c(C)noc3C)n2)c1. The molecule has 0 bridgehead atoms. The summed E-state index contributed by atoms with van der Waals surface area (Å²) in [5.74, 6) is 3.58. The molecule has 8 nitrogen and oxygen atoms in total. The van der Waals surface area contributed by atoms with E-state index in [2.05, 4.69) is 22.7 Å². The highest BCUT2D eigenvalue weighted by Gasteiger charge is 2.21. The van der Waals surface area contributed by atoms with E-state index in [1.807, 2.05) is 44.2 Å². The van der Waals surface area contributed by atoms with E-state index in [0.29, 0.717) is 24.2 Å². The molecule has 1 fully saturated rings. The molecule has 4 rings (SSSR count). The number of hydrogen-bond donors (Lipinski definition) is 3. The third kappa shape index (κ3) is 5.93. The Morgan fingerprint density at radius 3 is 2.65 bits per heavy atom. The van der Waals surface area contributed by atoms with Gasteiger partial charge in [-0.05, 0) is 64.6 Å². The molecule has 0 aliphatic heterocycles. The maximum atomic E-state index is 9.96. The predicted octanol–water partition coefficient (Wildman–Crippen LogP) is 4.37. The first-order valence-electron chi connectivity index (χ1n) is 12.1. The maximum Gasteiger partial charge on any atom is 0.162 e. The number of benzene rings is 1. The molecule has 8 heteroatoms. The predicted molar refractivity (Wildman–Crippen MR) is 133 cm³/mol. The van der Waals surface area contributed by atoms with Crippen LogP contribution in [0.4, 0.5) is 5.82 Å². The van der Waals surface area contributed by atoms with Crippen LogP contribution in [0.2, 0.25) is 0 Å². The van der Waals surface area contributed by atoms with Crippen molar-refractivity contribution in [2.45, 2.75) is 58.6 Å². The first-order chi connectivity index (χ1) is 16.4. The molecule has 1 aromatic carbocycles. The lowest BCUT2D eigenvalue weighted by Gasteiger charge is -2.27. The van der Waals surface area contributed by atoms with Gasteiger partial charge in [-0.15, -0.1) is 0 Å². The Morgan fingerprint density at radius 2 is 1.94 bits per heavy atom. The first-order valence-corrected chi connectivity index (χ1v) is 12.1. The molecule has 34 heavy (non-hydrogen) atoms. The molecule has 0 spiro atoms. The number of aryl methyl sites for hydroxylation is 2. The molecule has 1 saturated carbocycles. The summed E-state index contributed by atoms with van der Waals surface area (Å²) in [5, 5.41) is 20.7. The fourth-order valence-corrected chi connectivity index (χ4v) is 4.45. The molecular weight excluding hydrogens is 430 g/mol. The second-order valence-electron chi connectivity index (χ2n) is 9.31. The average molecular weight is 466 g/mol. The molecule has 182 valence electrons. The molecule has 0 saturated heterocycles. The molecule has 1 atom stereocenters. The monoisotopic (exact) mass is 465 g/mol. The van der Waals surface area contributed by atoms with Crippen molar-refractivity contribution in [1.29, 1.82) is 0 Å². The summed E-state index contributed by atoms with van der Waals surface area (Å²) in [4.78, 5) is 9.74. The number of likely N-dealkylation sites (N-methyl/N-ethyl adjacent to an activating group) is 1. The highest BCUT2D eigenvalue weighted by molar-refractivity contribution is 5.70. The lowest BCUT2D eigenvalue weighted by atomic mass is 9.87. The number of aliphatic hydroxyl groups excluding tert-OH is 1. The minimum absolute atomic E-state index is 0.206. The standard InChI is InChI=1S/C26H35N5O3/c1-16-8-10-20(11-9-16)28-24-13-23(25-17(2)31-34-18(25)3)29-26(30-24)19-6-5-7-22(12-19)33-15-21(32)14-27-4/h5-7,12-13,16,20-21,27,32H,8-11,14-15H2,1-4H3,(H,28,29,30)/t16-,20+,21?. The Bertz CT molecular complexity index is 1070. The minimum atomic E-state index is -0.582.